The maximum atomic E-state index is 10.9. The van der Waals surface area contributed by atoms with Crippen molar-refractivity contribution in [1.82, 2.24) is 5.32 Å². The minimum atomic E-state index is -0.742. The molecule has 1 unspecified atom stereocenters. The average Bonchev–Trinajstić information content (AvgIpc) is 2.45. The van der Waals surface area contributed by atoms with Crippen LogP contribution >= 0.6 is 0 Å². The van der Waals surface area contributed by atoms with Gasteiger partial charge in [0.2, 0.25) is 0 Å². The van der Waals surface area contributed by atoms with Crippen LogP contribution < -0.4 is 5.32 Å². The number of hydrogen-bond acceptors (Lipinski definition) is 2. The van der Waals surface area contributed by atoms with Crippen LogP contribution in [0.3, 0.4) is 0 Å². The smallest absolute Gasteiger partial charge is 0.304 e. The van der Waals surface area contributed by atoms with Gasteiger partial charge >= 0.3 is 5.97 Å². The standard InChI is InChI=1S/C18H29NO2/c1-3-5-6-7-8-15-9-11-16(12-10-15)13-17(19-4-2)14-18(20)21/h9-12,17,19H,3-8,13-14H2,1-2H3,(H,20,21). The van der Waals surface area contributed by atoms with E-state index in [9.17, 15) is 4.79 Å². The summed E-state index contributed by atoms with van der Waals surface area (Å²) in [6, 6.07) is 8.67. The van der Waals surface area contributed by atoms with Crippen LogP contribution in [0.25, 0.3) is 0 Å². The summed E-state index contributed by atoms with van der Waals surface area (Å²) in [4.78, 5) is 10.9. The number of hydrogen-bond donors (Lipinski definition) is 2. The van der Waals surface area contributed by atoms with Crippen molar-refractivity contribution in [3.05, 3.63) is 35.4 Å². The van der Waals surface area contributed by atoms with Crippen molar-refractivity contribution in [2.45, 2.75) is 64.8 Å². The number of likely N-dealkylation sites (N-methyl/N-ethyl adjacent to an activating group) is 1. The molecule has 0 saturated heterocycles. The maximum Gasteiger partial charge on any atom is 0.304 e. The van der Waals surface area contributed by atoms with Gasteiger partial charge in [0, 0.05) is 6.04 Å². The Labute approximate surface area is 128 Å². The first-order chi connectivity index (χ1) is 10.2. The summed E-state index contributed by atoms with van der Waals surface area (Å²) in [7, 11) is 0. The Morgan fingerprint density at radius 1 is 1.10 bits per heavy atom. The highest BCUT2D eigenvalue weighted by atomic mass is 16.4. The second kappa shape index (κ2) is 10.4. The Bertz CT molecular complexity index is 400. The number of unbranched alkanes of at least 4 members (excludes halogenated alkanes) is 3. The van der Waals surface area contributed by atoms with Crippen LogP contribution in [-0.4, -0.2) is 23.7 Å². The molecule has 0 heterocycles. The lowest BCUT2D eigenvalue weighted by Crippen LogP contribution is -2.33. The summed E-state index contributed by atoms with van der Waals surface area (Å²) in [5.74, 6) is -0.742. The van der Waals surface area contributed by atoms with Crippen molar-refractivity contribution >= 4 is 5.97 Å². The number of aliphatic carboxylic acids is 1. The number of benzene rings is 1. The van der Waals surface area contributed by atoms with Gasteiger partial charge in [0.25, 0.3) is 0 Å². The summed E-state index contributed by atoms with van der Waals surface area (Å²) in [6.45, 7) is 5.04. The number of nitrogens with one attached hydrogen (secondary N) is 1. The fourth-order valence-electron chi connectivity index (χ4n) is 2.60. The second-order valence-electron chi connectivity index (χ2n) is 5.68. The Balaban J connectivity index is 2.46. The van der Waals surface area contributed by atoms with Gasteiger partial charge in [-0.25, -0.2) is 0 Å². The van der Waals surface area contributed by atoms with E-state index >= 15 is 0 Å². The first-order valence-electron chi connectivity index (χ1n) is 8.18. The molecule has 0 aliphatic rings. The second-order valence-corrected chi connectivity index (χ2v) is 5.68. The molecule has 0 spiro atoms. The van der Waals surface area contributed by atoms with Crippen molar-refractivity contribution in [3.8, 4) is 0 Å². The van der Waals surface area contributed by atoms with E-state index in [1.807, 2.05) is 6.92 Å². The summed E-state index contributed by atoms with van der Waals surface area (Å²) >= 11 is 0. The lowest BCUT2D eigenvalue weighted by molar-refractivity contribution is -0.137. The molecule has 0 aliphatic heterocycles. The summed E-state index contributed by atoms with van der Waals surface area (Å²) in [6.07, 6.45) is 7.24. The highest BCUT2D eigenvalue weighted by Crippen LogP contribution is 2.12. The van der Waals surface area contributed by atoms with Gasteiger partial charge in [-0.2, -0.15) is 0 Å². The SMILES string of the molecule is CCCCCCc1ccc(CC(CC(=O)O)NCC)cc1. The van der Waals surface area contributed by atoms with Crippen molar-refractivity contribution in [2.24, 2.45) is 0 Å². The minimum Gasteiger partial charge on any atom is -0.481 e. The molecule has 1 aromatic carbocycles. The van der Waals surface area contributed by atoms with Crippen molar-refractivity contribution in [3.63, 3.8) is 0 Å². The van der Waals surface area contributed by atoms with Crippen molar-refractivity contribution in [2.75, 3.05) is 6.54 Å². The Morgan fingerprint density at radius 2 is 1.76 bits per heavy atom. The third-order valence-electron chi connectivity index (χ3n) is 3.74. The van der Waals surface area contributed by atoms with Crippen molar-refractivity contribution < 1.29 is 9.90 Å². The largest absolute Gasteiger partial charge is 0.481 e. The minimum absolute atomic E-state index is 0.0166. The summed E-state index contributed by atoms with van der Waals surface area (Å²) in [5, 5.41) is 12.2. The lowest BCUT2D eigenvalue weighted by Gasteiger charge is -2.16. The van der Waals surface area contributed by atoms with Gasteiger partial charge in [0.1, 0.15) is 0 Å². The van der Waals surface area contributed by atoms with Crippen LogP contribution in [0.5, 0.6) is 0 Å². The molecule has 0 bridgehead atoms. The zero-order valence-electron chi connectivity index (χ0n) is 13.4. The molecule has 1 atom stereocenters. The molecule has 3 heteroatoms. The van der Waals surface area contributed by atoms with Gasteiger partial charge in [0.05, 0.1) is 6.42 Å². The van der Waals surface area contributed by atoms with Gasteiger partial charge in [-0.05, 0) is 36.9 Å². The average molecular weight is 291 g/mol. The van der Waals surface area contributed by atoms with Crippen LogP contribution in [0.1, 0.15) is 57.1 Å². The van der Waals surface area contributed by atoms with E-state index < -0.39 is 5.97 Å². The molecule has 1 aromatic rings. The molecular formula is C18H29NO2. The van der Waals surface area contributed by atoms with Crippen LogP contribution in [0.4, 0.5) is 0 Å². The van der Waals surface area contributed by atoms with Gasteiger partial charge < -0.3 is 10.4 Å². The maximum absolute atomic E-state index is 10.9. The fraction of sp³-hybridized carbons (Fsp3) is 0.611. The number of rotatable bonds is 11. The highest BCUT2D eigenvalue weighted by Gasteiger charge is 2.12. The molecule has 0 fully saturated rings. The molecule has 3 nitrogen and oxygen atoms in total. The van der Waals surface area contributed by atoms with Gasteiger partial charge in [-0.1, -0.05) is 57.4 Å². The first kappa shape index (κ1) is 17.7. The van der Waals surface area contributed by atoms with Gasteiger partial charge in [0.15, 0.2) is 0 Å². The van der Waals surface area contributed by atoms with E-state index in [-0.39, 0.29) is 12.5 Å². The van der Waals surface area contributed by atoms with E-state index in [1.165, 1.54) is 36.8 Å². The molecular weight excluding hydrogens is 262 g/mol. The molecule has 21 heavy (non-hydrogen) atoms. The molecule has 2 N–H and O–H groups in total. The number of carboxylic acids is 1. The van der Waals surface area contributed by atoms with Crippen LogP contribution in [0, 0.1) is 0 Å². The Morgan fingerprint density at radius 3 is 2.33 bits per heavy atom. The quantitative estimate of drug-likeness (QED) is 0.610. The molecule has 0 amide bonds. The normalized spacial score (nSPS) is 12.3. The molecule has 118 valence electrons. The van der Waals surface area contributed by atoms with E-state index in [2.05, 4.69) is 36.5 Å². The zero-order chi connectivity index (χ0) is 15.5. The molecule has 1 rings (SSSR count). The van der Waals surface area contributed by atoms with E-state index in [4.69, 9.17) is 5.11 Å². The predicted octanol–water partition coefficient (Wildman–Crippen LogP) is 3.80. The molecule has 0 aliphatic carbocycles. The van der Waals surface area contributed by atoms with Crippen LogP contribution in [0.15, 0.2) is 24.3 Å². The molecule has 0 saturated carbocycles. The topological polar surface area (TPSA) is 49.3 Å². The van der Waals surface area contributed by atoms with Crippen molar-refractivity contribution in [1.29, 1.82) is 0 Å². The van der Waals surface area contributed by atoms with Crippen LogP contribution in [0.2, 0.25) is 0 Å². The summed E-state index contributed by atoms with van der Waals surface area (Å²) < 4.78 is 0. The van der Waals surface area contributed by atoms with E-state index in [1.54, 1.807) is 0 Å². The number of carboxylic acid groups (broad SMARTS) is 1. The third kappa shape index (κ3) is 7.86. The Hall–Kier alpha value is -1.35. The first-order valence-corrected chi connectivity index (χ1v) is 8.18. The molecule has 0 radical (unpaired) electrons. The van der Waals surface area contributed by atoms with E-state index in [0.717, 1.165) is 19.4 Å². The monoisotopic (exact) mass is 291 g/mol. The van der Waals surface area contributed by atoms with Crippen LogP contribution in [-0.2, 0) is 17.6 Å². The van der Waals surface area contributed by atoms with Gasteiger partial charge in [-0.3, -0.25) is 4.79 Å². The van der Waals surface area contributed by atoms with E-state index in [0.29, 0.717) is 0 Å². The third-order valence-corrected chi connectivity index (χ3v) is 3.74. The fourth-order valence-corrected chi connectivity index (χ4v) is 2.60. The predicted molar refractivity (Wildman–Crippen MR) is 87.7 cm³/mol. The number of carbonyl (C=O) groups is 1. The zero-order valence-corrected chi connectivity index (χ0v) is 13.4. The Kier molecular flexibility index (Phi) is 8.76. The summed E-state index contributed by atoms with van der Waals surface area (Å²) in [5.41, 5.74) is 2.59. The lowest BCUT2D eigenvalue weighted by atomic mass is 10.00. The number of aryl methyl sites for hydroxylation is 1. The van der Waals surface area contributed by atoms with Gasteiger partial charge in [-0.15, -0.1) is 0 Å². The highest BCUT2D eigenvalue weighted by molar-refractivity contribution is 5.67. The molecule has 0 aromatic heterocycles.